The lowest BCUT2D eigenvalue weighted by Gasteiger charge is -2.27. The van der Waals surface area contributed by atoms with Gasteiger partial charge < -0.3 is 10.2 Å². The monoisotopic (exact) mass is 177 g/mol. The van der Waals surface area contributed by atoms with E-state index in [1.165, 1.54) is 0 Å². The molecule has 68 valence electrons. The maximum atomic E-state index is 5.27. The molecule has 0 atom stereocenters. The van der Waals surface area contributed by atoms with Crippen LogP contribution in [0.2, 0.25) is 0 Å². The molecule has 2 heterocycles. The van der Waals surface area contributed by atoms with Gasteiger partial charge in [-0.05, 0) is 0 Å². The molecule has 0 spiro atoms. The summed E-state index contributed by atoms with van der Waals surface area (Å²) in [5.74, 6) is 2.94. The van der Waals surface area contributed by atoms with Crippen molar-refractivity contribution in [1.29, 1.82) is 0 Å². The lowest BCUT2D eigenvalue weighted by molar-refractivity contribution is 0.125. The topological polar surface area (TPSA) is 39.1 Å². The van der Waals surface area contributed by atoms with E-state index in [0.29, 0.717) is 5.92 Å². The van der Waals surface area contributed by atoms with Crippen molar-refractivity contribution in [2.75, 3.05) is 19.7 Å². The Bertz CT molecular complexity index is 322. The summed E-state index contributed by atoms with van der Waals surface area (Å²) in [5.41, 5.74) is 1.09. The maximum absolute atomic E-state index is 5.27. The Morgan fingerprint density at radius 2 is 2.62 bits per heavy atom. The van der Waals surface area contributed by atoms with Gasteiger partial charge >= 0.3 is 0 Å². The first-order chi connectivity index (χ1) is 6.42. The molecule has 1 N–H and O–H groups in total. The first-order valence-corrected chi connectivity index (χ1v) is 4.21. The highest BCUT2D eigenvalue weighted by atomic mass is 16.7. The quantitative estimate of drug-likeness (QED) is 0.640. The van der Waals surface area contributed by atoms with Gasteiger partial charge in [-0.15, -0.1) is 6.42 Å². The number of hydrogen-bond acceptors (Lipinski definition) is 3. The predicted molar refractivity (Wildman–Crippen MR) is 48.1 cm³/mol. The molecule has 0 aromatic carbocycles. The van der Waals surface area contributed by atoms with Crippen molar-refractivity contribution in [3.05, 3.63) is 18.2 Å². The predicted octanol–water partition coefficient (Wildman–Crippen LogP) is -0.368. The second-order valence-corrected chi connectivity index (χ2v) is 2.98. The van der Waals surface area contributed by atoms with Gasteiger partial charge in [-0.25, -0.2) is 4.98 Å². The summed E-state index contributed by atoms with van der Waals surface area (Å²) in [5, 5.41) is 3.20. The normalized spacial score (nSPS) is 16.2. The Morgan fingerprint density at radius 3 is 3.23 bits per heavy atom. The molecule has 0 bridgehead atoms. The molecule has 1 aliphatic heterocycles. The van der Waals surface area contributed by atoms with Crippen LogP contribution in [-0.2, 0) is 0 Å². The Labute approximate surface area is 76.9 Å². The number of imidazole rings is 1. The molecule has 1 saturated heterocycles. The molecule has 1 aromatic heterocycles. The Balaban J connectivity index is 2.07. The minimum atomic E-state index is 0.281. The van der Waals surface area contributed by atoms with E-state index < -0.39 is 0 Å². The zero-order valence-electron chi connectivity index (χ0n) is 7.23. The Hall–Kier alpha value is -1.47. The molecule has 13 heavy (non-hydrogen) atoms. The van der Waals surface area contributed by atoms with Crippen molar-refractivity contribution in [3.63, 3.8) is 0 Å². The number of terminal acetylenes is 1. The number of aromatic nitrogens is 2. The summed E-state index contributed by atoms with van der Waals surface area (Å²) in [6, 6.07) is 0. The van der Waals surface area contributed by atoms with Crippen LogP contribution in [0.4, 0.5) is 0 Å². The minimum absolute atomic E-state index is 0.281. The van der Waals surface area contributed by atoms with Gasteiger partial charge in [0, 0.05) is 19.0 Å². The minimum Gasteiger partial charge on any atom is -0.400 e. The first-order valence-electron chi connectivity index (χ1n) is 4.21. The number of rotatable bonds is 3. The van der Waals surface area contributed by atoms with Crippen LogP contribution >= 0.6 is 0 Å². The maximum Gasteiger partial charge on any atom is 0.175 e. The fourth-order valence-corrected chi connectivity index (χ4v) is 1.29. The van der Waals surface area contributed by atoms with E-state index in [0.717, 1.165) is 18.8 Å². The summed E-state index contributed by atoms with van der Waals surface area (Å²) in [4.78, 5) is 9.29. The summed E-state index contributed by atoms with van der Waals surface area (Å²) < 4.78 is 1.66. The van der Waals surface area contributed by atoms with E-state index in [9.17, 15) is 0 Å². The summed E-state index contributed by atoms with van der Waals surface area (Å²) >= 11 is 0. The van der Waals surface area contributed by atoms with Gasteiger partial charge in [-0.1, -0.05) is 5.92 Å². The van der Waals surface area contributed by atoms with Crippen LogP contribution in [0.15, 0.2) is 12.5 Å². The molecule has 0 aliphatic carbocycles. The number of nitrogens with one attached hydrogen (secondary N) is 1. The second-order valence-electron chi connectivity index (χ2n) is 2.98. The fraction of sp³-hybridized carbons (Fsp3) is 0.444. The van der Waals surface area contributed by atoms with Crippen LogP contribution in [-0.4, -0.2) is 29.4 Å². The summed E-state index contributed by atoms with van der Waals surface area (Å²) in [6.45, 7) is 2.26. The smallest absolute Gasteiger partial charge is 0.175 e. The second kappa shape index (κ2) is 3.50. The van der Waals surface area contributed by atoms with Crippen molar-refractivity contribution in [3.8, 4) is 12.3 Å². The van der Waals surface area contributed by atoms with Gasteiger partial charge in [0.1, 0.15) is 6.33 Å². The van der Waals surface area contributed by atoms with E-state index in [1.54, 1.807) is 11.1 Å². The van der Waals surface area contributed by atoms with Gasteiger partial charge in [0.05, 0.1) is 11.9 Å². The van der Waals surface area contributed by atoms with Crippen LogP contribution in [0, 0.1) is 12.3 Å². The van der Waals surface area contributed by atoms with Crippen LogP contribution in [0.25, 0.3) is 0 Å². The van der Waals surface area contributed by atoms with E-state index in [-0.39, 0.29) is 6.61 Å². The molecule has 4 nitrogen and oxygen atoms in total. The molecule has 0 radical (unpaired) electrons. The van der Waals surface area contributed by atoms with Crippen LogP contribution < -0.4 is 10.2 Å². The van der Waals surface area contributed by atoms with Crippen molar-refractivity contribution >= 4 is 0 Å². The van der Waals surface area contributed by atoms with E-state index >= 15 is 0 Å². The van der Waals surface area contributed by atoms with Crippen molar-refractivity contribution in [2.24, 2.45) is 0 Å². The molecule has 1 aliphatic rings. The largest absolute Gasteiger partial charge is 0.400 e. The third kappa shape index (κ3) is 1.51. The number of hydrogen-bond donors (Lipinski definition) is 1. The number of nitrogens with zero attached hydrogens (tertiary/aromatic N) is 2. The molecular formula is C9H11N3O. The lowest BCUT2D eigenvalue weighted by Crippen LogP contribution is -2.41. The third-order valence-electron chi connectivity index (χ3n) is 2.12. The standard InChI is InChI=1S/C9H11N3O/c1-2-3-13-12-7-11-6-9(12)8-4-10-5-8/h1,6-8,10H,3-5H2. The van der Waals surface area contributed by atoms with Gasteiger partial charge in [-0.3, -0.25) is 0 Å². The van der Waals surface area contributed by atoms with E-state index in [1.807, 2.05) is 6.20 Å². The molecule has 0 amide bonds. The average molecular weight is 177 g/mol. The zero-order chi connectivity index (χ0) is 9.10. The molecular weight excluding hydrogens is 166 g/mol. The third-order valence-corrected chi connectivity index (χ3v) is 2.12. The molecule has 1 fully saturated rings. The fourth-order valence-electron chi connectivity index (χ4n) is 1.29. The van der Waals surface area contributed by atoms with Crippen molar-refractivity contribution in [2.45, 2.75) is 5.92 Å². The van der Waals surface area contributed by atoms with Gasteiger partial charge in [-0.2, -0.15) is 4.73 Å². The average Bonchev–Trinajstić information content (AvgIpc) is 2.46. The summed E-state index contributed by atoms with van der Waals surface area (Å²) in [6.07, 6.45) is 8.56. The van der Waals surface area contributed by atoms with Crippen LogP contribution in [0.3, 0.4) is 0 Å². The highest BCUT2D eigenvalue weighted by Gasteiger charge is 2.22. The molecule has 1 aromatic rings. The van der Waals surface area contributed by atoms with Gasteiger partial charge in [0.2, 0.25) is 0 Å². The molecule has 4 heteroatoms. The van der Waals surface area contributed by atoms with Crippen LogP contribution in [0.5, 0.6) is 0 Å². The zero-order valence-corrected chi connectivity index (χ0v) is 7.23. The van der Waals surface area contributed by atoms with E-state index in [4.69, 9.17) is 11.3 Å². The Kier molecular flexibility index (Phi) is 2.19. The highest BCUT2D eigenvalue weighted by molar-refractivity contribution is 5.10. The van der Waals surface area contributed by atoms with Gasteiger partial charge in [0.25, 0.3) is 0 Å². The first kappa shape index (κ1) is 8.14. The van der Waals surface area contributed by atoms with E-state index in [2.05, 4.69) is 16.2 Å². The molecule has 0 saturated carbocycles. The SMILES string of the molecule is C#CCOn1cncc1C1CNC1. The Morgan fingerprint density at radius 1 is 1.77 bits per heavy atom. The molecule has 2 rings (SSSR count). The molecule has 0 unspecified atom stereocenters. The van der Waals surface area contributed by atoms with Crippen LogP contribution in [0.1, 0.15) is 11.6 Å². The van der Waals surface area contributed by atoms with Crippen molar-refractivity contribution < 1.29 is 4.84 Å². The van der Waals surface area contributed by atoms with Crippen molar-refractivity contribution in [1.82, 2.24) is 15.0 Å². The van der Waals surface area contributed by atoms with Gasteiger partial charge in [0.15, 0.2) is 6.61 Å². The summed E-state index contributed by atoms with van der Waals surface area (Å²) in [7, 11) is 0. The lowest BCUT2D eigenvalue weighted by atomic mass is 10.0. The highest BCUT2D eigenvalue weighted by Crippen LogP contribution is 2.17.